The fourth-order valence-electron chi connectivity index (χ4n) is 3.83. The molecule has 0 spiro atoms. The van der Waals surface area contributed by atoms with Crippen molar-refractivity contribution in [2.75, 3.05) is 7.11 Å². The first-order valence-corrected chi connectivity index (χ1v) is 10.5. The SMILES string of the molecule is COc1cc(-c2cc(C)c3c(O)n(-c4cnn(CC(F)(F)F)c4)c(C)c3n2)cnc1OC(C)C. The van der Waals surface area contributed by atoms with Crippen LogP contribution < -0.4 is 9.47 Å². The Bertz CT molecular complexity index is 1360. The summed E-state index contributed by atoms with van der Waals surface area (Å²) >= 11 is 0. The second kappa shape index (κ2) is 8.54. The van der Waals surface area contributed by atoms with Gasteiger partial charge < -0.3 is 14.6 Å². The van der Waals surface area contributed by atoms with Crippen LogP contribution in [0.15, 0.2) is 30.7 Å². The second-order valence-electron chi connectivity index (χ2n) is 8.20. The quantitative estimate of drug-likeness (QED) is 0.424. The standard InChI is InChI=1S/C23H24F3N5O3/c1-12(2)34-21-18(33-5)7-15(8-27-21)17-6-13(3)19-20(29-17)14(4)31(22(19)32)16-9-28-30(10-16)11-23(24,25)26/h6-10,12,32H,11H2,1-5H3. The van der Waals surface area contributed by atoms with Crippen LogP contribution >= 0.6 is 0 Å². The van der Waals surface area contributed by atoms with Crippen molar-refractivity contribution in [1.82, 2.24) is 24.3 Å². The Morgan fingerprint density at radius 3 is 2.53 bits per heavy atom. The molecule has 0 aliphatic heterocycles. The molecule has 0 bridgehead atoms. The molecule has 4 aromatic rings. The fraction of sp³-hybridized carbons (Fsp3) is 0.348. The van der Waals surface area contributed by atoms with Crippen molar-refractivity contribution in [2.24, 2.45) is 0 Å². The summed E-state index contributed by atoms with van der Waals surface area (Å²) in [5.41, 5.74) is 3.39. The van der Waals surface area contributed by atoms with Crippen molar-refractivity contribution >= 4 is 10.9 Å². The average molecular weight is 475 g/mol. The molecule has 0 saturated heterocycles. The van der Waals surface area contributed by atoms with E-state index in [1.165, 1.54) is 24.1 Å². The zero-order chi connectivity index (χ0) is 24.8. The number of pyridine rings is 2. The van der Waals surface area contributed by atoms with Gasteiger partial charge in [-0.2, -0.15) is 18.3 Å². The van der Waals surface area contributed by atoms with E-state index >= 15 is 0 Å². The third kappa shape index (κ3) is 4.37. The molecule has 0 aromatic carbocycles. The second-order valence-corrected chi connectivity index (χ2v) is 8.20. The van der Waals surface area contributed by atoms with Gasteiger partial charge in [-0.25, -0.2) is 9.97 Å². The molecule has 4 rings (SSSR count). The van der Waals surface area contributed by atoms with Crippen LogP contribution in [0.25, 0.3) is 27.8 Å². The topological polar surface area (TPSA) is 87.2 Å². The molecule has 0 unspecified atom stereocenters. The first-order valence-electron chi connectivity index (χ1n) is 10.5. The van der Waals surface area contributed by atoms with Crippen LogP contribution in [0.3, 0.4) is 0 Å². The molecule has 0 amide bonds. The minimum atomic E-state index is -4.40. The zero-order valence-electron chi connectivity index (χ0n) is 19.3. The van der Waals surface area contributed by atoms with Gasteiger partial charge in [0, 0.05) is 23.7 Å². The van der Waals surface area contributed by atoms with Crippen LogP contribution in [0.5, 0.6) is 17.5 Å². The molecule has 34 heavy (non-hydrogen) atoms. The molecule has 0 aliphatic rings. The van der Waals surface area contributed by atoms with Crippen LogP contribution in [-0.4, -0.2) is 48.8 Å². The van der Waals surface area contributed by atoms with Crippen molar-refractivity contribution in [3.05, 3.63) is 42.0 Å². The highest BCUT2D eigenvalue weighted by Crippen LogP contribution is 2.38. The normalized spacial score (nSPS) is 12.0. The summed E-state index contributed by atoms with van der Waals surface area (Å²) in [7, 11) is 1.52. The van der Waals surface area contributed by atoms with E-state index in [9.17, 15) is 18.3 Å². The summed E-state index contributed by atoms with van der Waals surface area (Å²) in [5.74, 6) is 0.710. The Morgan fingerprint density at radius 1 is 1.15 bits per heavy atom. The maximum absolute atomic E-state index is 12.7. The number of hydrogen-bond acceptors (Lipinski definition) is 6. The smallest absolute Gasteiger partial charge is 0.408 e. The summed E-state index contributed by atoms with van der Waals surface area (Å²) < 4.78 is 51.5. The predicted molar refractivity (Wildman–Crippen MR) is 120 cm³/mol. The lowest BCUT2D eigenvalue weighted by molar-refractivity contribution is -0.142. The van der Waals surface area contributed by atoms with Crippen LogP contribution in [0.2, 0.25) is 0 Å². The van der Waals surface area contributed by atoms with Gasteiger partial charge in [-0.05, 0) is 45.4 Å². The van der Waals surface area contributed by atoms with E-state index in [2.05, 4.69) is 10.1 Å². The Hall–Kier alpha value is -3.76. The highest BCUT2D eigenvalue weighted by Gasteiger charge is 2.29. The number of aromatic hydroxyl groups is 1. The molecule has 4 aromatic heterocycles. The summed E-state index contributed by atoms with van der Waals surface area (Å²) in [5, 5.41) is 15.2. The van der Waals surface area contributed by atoms with E-state index in [0.29, 0.717) is 45.2 Å². The summed E-state index contributed by atoms with van der Waals surface area (Å²) in [4.78, 5) is 9.08. The Balaban J connectivity index is 1.80. The molecular formula is C23H24F3N5O3. The maximum Gasteiger partial charge on any atom is 0.408 e. The first kappa shape index (κ1) is 23.4. The molecule has 8 nitrogen and oxygen atoms in total. The molecule has 4 heterocycles. The van der Waals surface area contributed by atoms with Crippen LogP contribution in [0.4, 0.5) is 13.2 Å². The van der Waals surface area contributed by atoms with E-state index in [1.54, 1.807) is 25.3 Å². The van der Waals surface area contributed by atoms with Gasteiger partial charge >= 0.3 is 6.18 Å². The molecule has 0 fully saturated rings. The van der Waals surface area contributed by atoms with Crippen molar-refractivity contribution < 1.29 is 27.8 Å². The minimum Gasteiger partial charge on any atom is -0.494 e. The van der Waals surface area contributed by atoms with Gasteiger partial charge in [-0.15, -0.1) is 0 Å². The van der Waals surface area contributed by atoms with E-state index < -0.39 is 12.7 Å². The molecule has 0 radical (unpaired) electrons. The third-order valence-corrected chi connectivity index (χ3v) is 5.23. The maximum atomic E-state index is 12.7. The first-order chi connectivity index (χ1) is 16.0. The number of aromatic nitrogens is 5. The van der Waals surface area contributed by atoms with Crippen LogP contribution in [0.1, 0.15) is 25.1 Å². The van der Waals surface area contributed by atoms with Gasteiger partial charge in [0.25, 0.3) is 5.88 Å². The molecular weight excluding hydrogens is 451 g/mol. The Labute approximate surface area is 193 Å². The third-order valence-electron chi connectivity index (χ3n) is 5.23. The molecule has 11 heteroatoms. The molecule has 180 valence electrons. The summed E-state index contributed by atoms with van der Waals surface area (Å²) in [6.45, 7) is 6.12. The number of ether oxygens (including phenoxy) is 2. The van der Waals surface area contributed by atoms with Crippen LogP contribution in [-0.2, 0) is 6.54 Å². The van der Waals surface area contributed by atoms with Gasteiger partial charge in [-0.3, -0.25) is 9.25 Å². The largest absolute Gasteiger partial charge is 0.494 e. The van der Waals surface area contributed by atoms with Gasteiger partial charge in [0.05, 0.1) is 41.7 Å². The lowest BCUT2D eigenvalue weighted by Crippen LogP contribution is -2.17. The van der Waals surface area contributed by atoms with Gasteiger partial charge in [0.15, 0.2) is 5.75 Å². The molecule has 0 aliphatic carbocycles. The monoisotopic (exact) mass is 475 g/mol. The minimum absolute atomic E-state index is 0.0742. The number of rotatable bonds is 6. The van der Waals surface area contributed by atoms with E-state index in [4.69, 9.17) is 14.5 Å². The highest BCUT2D eigenvalue weighted by atomic mass is 19.4. The fourth-order valence-corrected chi connectivity index (χ4v) is 3.83. The number of methoxy groups -OCH3 is 1. The number of alkyl halides is 3. The van der Waals surface area contributed by atoms with Crippen molar-refractivity contribution in [1.29, 1.82) is 0 Å². The van der Waals surface area contributed by atoms with Crippen LogP contribution in [0, 0.1) is 13.8 Å². The molecule has 0 saturated carbocycles. The number of hydrogen-bond donors (Lipinski definition) is 1. The predicted octanol–water partition coefficient (Wildman–Crippen LogP) is 4.96. The zero-order valence-corrected chi connectivity index (χ0v) is 19.3. The highest BCUT2D eigenvalue weighted by molar-refractivity contribution is 5.93. The van der Waals surface area contributed by atoms with Gasteiger partial charge in [0.2, 0.25) is 5.88 Å². The van der Waals surface area contributed by atoms with Gasteiger partial charge in [-0.1, -0.05) is 0 Å². The summed E-state index contributed by atoms with van der Waals surface area (Å²) in [6.07, 6.45) is -0.344. The van der Waals surface area contributed by atoms with Crippen molar-refractivity contribution in [3.8, 4) is 34.5 Å². The Morgan fingerprint density at radius 2 is 1.88 bits per heavy atom. The summed E-state index contributed by atoms with van der Waals surface area (Å²) in [6, 6.07) is 3.57. The van der Waals surface area contributed by atoms with E-state index in [0.717, 1.165) is 10.2 Å². The van der Waals surface area contributed by atoms with Crippen molar-refractivity contribution in [2.45, 2.75) is 46.5 Å². The lowest BCUT2D eigenvalue weighted by Gasteiger charge is -2.13. The number of fused-ring (bicyclic) bond motifs is 1. The van der Waals surface area contributed by atoms with Crippen molar-refractivity contribution in [3.63, 3.8) is 0 Å². The Kier molecular flexibility index (Phi) is 5.88. The number of nitrogens with zero attached hydrogens (tertiary/aromatic N) is 5. The van der Waals surface area contributed by atoms with E-state index in [1.807, 2.05) is 20.8 Å². The van der Waals surface area contributed by atoms with Gasteiger partial charge in [0.1, 0.15) is 6.54 Å². The number of halogens is 3. The number of aryl methyl sites for hydroxylation is 2. The molecule has 1 N–H and O–H groups in total. The lowest BCUT2D eigenvalue weighted by atomic mass is 10.1. The average Bonchev–Trinajstić information content (AvgIpc) is 3.28. The molecule has 0 atom stereocenters. The van der Waals surface area contributed by atoms with E-state index in [-0.39, 0.29) is 12.0 Å².